The van der Waals surface area contributed by atoms with Crippen molar-refractivity contribution in [3.63, 3.8) is 0 Å². The van der Waals surface area contributed by atoms with Crippen molar-refractivity contribution in [3.8, 4) is 10.4 Å². The fourth-order valence-electron chi connectivity index (χ4n) is 4.72. The summed E-state index contributed by atoms with van der Waals surface area (Å²) in [7, 11) is -3.67. The van der Waals surface area contributed by atoms with Crippen LogP contribution in [0.15, 0.2) is 29.3 Å². The molecule has 1 aliphatic carbocycles. The van der Waals surface area contributed by atoms with Crippen LogP contribution in [0, 0.1) is 0 Å². The highest BCUT2D eigenvalue weighted by Crippen LogP contribution is 2.40. The van der Waals surface area contributed by atoms with Crippen molar-refractivity contribution in [1.29, 1.82) is 0 Å². The lowest BCUT2D eigenvalue weighted by atomic mass is 9.86. The molecule has 1 saturated carbocycles. The van der Waals surface area contributed by atoms with Gasteiger partial charge >= 0.3 is 6.09 Å². The average Bonchev–Trinajstić information content (AvgIpc) is 3.34. The second-order valence-corrected chi connectivity index (χ2v) is 12.3. The maximum atomic E-state index is 13.1. The number of carbonyl (C=O) groups excluding carboxylic acids is 1. The summed E-state index contributed by atoms with van der Waals surface area (Å²) in [6.07, 6.45) is 4.84. The Balaban J connectivity index is 1.51. The minimum Gasteiger partial charge on any atom is -0.447 e. The number of sulfonamides is 1. The molecule has 0 bridgehead atoms. The summed E-state index contributed by atoms with van der Waals surface area (Å²) in [6.45, 7) is 8.50. The second kappa shape index (κ2) is 11.9. The van der Waals surface area contributed by atoms with E-state index in [4.69, 9.17) is 9.47 Å². The maximum Gasteiger partial charge on any atom is 0.407 e. The monoisotopic (exact) mass is 536 g/mol. The van der Waals surface area contributed by atoms with Gasteiger partial charge in [-0.05, 0) is 51.7 Å². The van der Waals surface area contributed by atoms with Crippen molar-refractivity contribution in [2.45, 2.75) is 69.4 Å². The quantitative estimate of drug-likeness (QED) is 0.523. The third kappa shape index (κ3) is 6.56. The summed E-state index contributed by atoms with van der Waals surface area (Å²) in [4.78, 5) is 19.9. The number of rotatable bonds is 8. The molecule has 4 rings (SSSR count). The Morgan fingerprint density at radius 2 is 1.94 bits per heavy atom. The molecule has 1 aromatic carbocycles. The minimum absolute atomic E-state index is 0.108. The van der Waals surface area contributed by atoms with Crippen LogP contribution in [0.4, 0.5) is 10.5 Å². The van der Waals surface area contributed by atoms with Crippen LogP contribution in [-0.4, -0.2) is 64.5 Å². The van der Waals surface area contributed by atoms with Gasteiger partial charge in [-0.1, -0.05) is 13.0 Å². The van der Waals surface area contributed by atoms with Crippen LogP contribution >= 0.6 is 11.3 Å². The number of nitrogens with zero attached hydrogens (tertiary/aromatic N) is 2. The first-order valence-corrected chi connectivity index (χ1v) is 15.0. The highest BCUT2D eigenvalue weighted by molar-refractivity contribution is 7.89. The Bertz CT molecular complexity index is 1140. The van der Waals surface area contributed by atoms with Gasteiger partial charge in [-0.3, -0.25) is 0 Å². The lowest BCUT2D eigenvalue weighted by molar-refractivity contribution is 0.109. The van der Waals surface area contributed by atoms with E-state index in [1.54, 1.807) is 30.5 Å². The molecular weight excluding hydrogens is 500 g/mol. The highest BCUT2D eigenvalue weighted by atomic mass is 32.2. The number of hydrogen-bond donors (Lipinski definition) is 2. The van der Waals surface area contributed by atoms with E-state index in [1.165, 1.54) is 0 Å². The Labute approximate surface area is 217 Å². The van der Waals surface area contributed by atoms with Crippen molar-refractivity contribution in [2.24, 2.45) is 0 Å². The van der Waals surface area contributed by atoms with Gasteiger partial charge in [0.15, 0.2) is 0 Å². The van der Waals surface area contributed by atoms with Gasteiger partial charge in [-0.15, -0.1) is 11.3 Å². The van der Waals surface area contributed by atoms with Crippen LogP contribution < -0.4 is 14.9 Å². The lowest BCUT2D eigenvalue weighted by Crippen LogP contribution is -2.38. The van der Waals surface area contributed by atoms with Crippen LogP contribution in [0.1, 0.15) is 57.4 Å². The van der Waals surface area contributed by atoms with Crippen LogP contribution in [0.25, 0.3) is 10.4 Å². The fraction of sp³-hybridized carbons (Fsp3) is 0.600. The van der Waals surface area contributed by atoms with E-state index in [0.29, 0.717) is 31.2 Å². The van der Waals surface area contributed by atoms with Crippen LogP contribution in [0.5, 0.6) is 0 Å². The molecule has 0 atom stereocenters. The van der Waals surface area contributed by atoms with E-state index in [1.807, 2.05) is 26.0 Å². The third-order valence-electron chi connectivity index (χ3n) is 6.50. The summed E-state index contributed by atoms with van der Waals surface area (Å²) in [5.74, 6) is 0.296. The standard InChI is InChI=1S/C25H36N4O5S2/c1-4-27-36(31,32)23-15-20(29-11-13-33-14-12-29)9-10-21(23)22-16-26-24(35-22)18-5-7-19(8-6-18)28-25(30)34-17(2)3/h9-10,15-19,27H,4-8,11-14H2,1-3H3,(H,28,30)/t18-,19-. The number of hydrogen-bond acceptors (Lipinski definition) is 8. The van der Waals surface area contributed by atoms with E-state index in [-0.39, 0.29) is 23.1 Å². The first-order valence-electron chi connectivity index (χ1n) is 12.7. The summed E-state index contributed by atoms with van der Waals surface area (Å²) in [5, 5.41) is 3.97. The van der Waals surface area contributed by atoms with E-state index < -0.39 is 10.0 Å². The molecule has 1 saturated heterocycles. The molecule has 0 spiro atoms. The number of nitrogens with one attached hydrogen (secondary N) is 2. The summed E-state index contributed by atoms with van der Waals surface area (Å²) in [6, 6.07) is 5.76. The predicted octanol–water partition coefficient (Wildman–Crippen LogP) is 4.11. The molecule has 198 valence electrons. The van der Waals surface area contributed by atoms with Gasteiger partial charge in [-0.2, -0.15) is 0 Å². The number of benzene rings is 1. The molecule has 1 amide bonds. The van der Waals surface area contributed by atoms with Crippen LogP contribution in [-0.2, 0) is 19.5 Å². The first-order chi connectivity index (χ1) is 17.3. The normalized spacial score (nSPS) is 20.9. The van der Waals surface area contributed by atoms with Gasteiger partial charge in [0.1, 0.15) is 0 Å². The molecule has 2 aliphatic rings. The number of morpholine rings is 1. The minimum atomic E-state index is -3.67. The molecule has 0 unspecified atom stereocenters. The number of aromatic nitrogens is 1. The van der Waals surface area contributed by atoms with Crippen molar-refractivity contribution in [1.82, 2.24) is 15.0 Å². The zero-order valence-corrected chi connectivity index (χ0v) is 22.8. The number of amides is 1. The van der Waals surface area contributed by atoms with Gasteiger partial charge in [0.25, 0.3) is 0 Å². The SMILES string of the molecule is CCNS(=O)(=O)c1cc(N2CCOCC2)ccc1-c1cnc([C@H]2CC[C@H](NC(=O)OC(C)C)CC2)s1. The van der Waals surface area contributed by atoms with Crippen LogP contribution in [0.3, 0.4) is 0 Å². The van der Waals surface area contributed by atoms with Gasteiger partial charge in [0.2, 0.25) is 10.0 Å². The Morgan fingerprint density at radius 1 is 1.22 bits per heavy atom. The van der Waals surface area contributed by atoms with Gasteiger partial charge in [0, 0.05) is 49.0 Å². The van der Waals surface area contributed by atoms with E-state index in [9.17, 15) is 13.2 Å². The average molecular weight is 537 g/mol. The molecule has 36 heavy (non-hydrogen) atoms. The fourth-order valence-corrected chi connectivity index (χ4v) is 7.19. The van der Waals surface area contributed by atoms with Crippen molar-refractivity contribution in [3.05, 3.63) is 29.4 Å². The molecule has 2 heterocycles. The maximum absolute atomic E-state index is 13.1. The van der Waals surface area contributed by atoms with E-state index in [0.717, 1.165) is 54.3 Å². The second-order valence-electron chi connectivity index (χ2n) is 9.49. The zero-order valence-electron chi connectivity index (χ0n) is 21.2. The molecule has 2 fully saturated rings. The van der Waals surface area contributed by atoms with Crippen molar-refractivity contribution < 1.29 is 22.7 Å². The Morgan fingerprint density at radius 3 is 2.61 bits per heavy atom. The smallest absolute Gasteiger partial charge is 0.407 e. The molecule has 1 aliphatic heterocycles. The van der Waals surface area contributed by atoms with Gasteiger partial charge in [0.05, 0.1) is 34.1 Å². The Kier molecular flexibility index (Phi) is 8.87. The number of anilines is 1. The Hall–Kier alpha value is -2.21. The largest absolute Gasteiger partial charge is 0.447 e. The topological polar surface area (TPSA) is 110 Å². The van der Waals surface area contributed by atoms with Crippen LogP contribution in [0.2, 0.25) is 0 Å². The summed E-state index contributed by atoms with van der Waals surface area (Å²) >= 11 is 1.56. The third-order valence-corrected chi connectivity index (χ3v) is 9.27. The molecular formula is C25H36N4O5S2. The molecule has 2 N–H and O–H groups in total. The van der Waals surface area contributed by atoms with Crippen molar-refractivity contribution in [2.75, 3.05) is 37.7 Å². The number of ether oxygens (including phenoxy) is 2. The molecule has 11 heteroatoms. The number of carbonyl (C=O) groups is 1. The number of alkyl carbamates (subject to hydrolysis) is 1. The highest BCUT2D eigenvalue weighted by Gasteiger charge is 2.28. The molecule has 9 nitrogen and oxygen atoms in total. The number of thiazole rings is 1. The summed E-state index contributed by atoms with van der Waals surface area (Å²) in [5.41, 5.74) is 1.55. The first kappa shape index (κ1) is 26.8. The zero-order chi connectivity index (χ0) is 25.7. The molecule has 2 aromatic rings. The predicted molar refractivity (Wildman–Crippen MR) is 141 cm³/mol. The van der Waals surface area contributed by atoms with Crippen molar-refractivity contribution >= 4 is 33.1 Å². The molecule has 1 aromatic heterocycles. The summed E-state index contributed by atoms with van der Waals surface area (Å²) < 4.78 is 39.6. The van der Waals surface area contributed by atoms with Gasteiger partial charge in [-0.25, -0.2) is 22.9 Å². The van der Waals surface area contributed by atoms with E-state index >= 15 is 0 Å². The van der Waals surface area contributed by atoms with Gasteiger partial charge < -0.3 is 19.7 Å². The van der Waals surface area contributed by atoms with E-state index in [2.05, 4.69) is 19.9 Å². The lowest BCUT2D eigenvalue weighted by Gasteiger charge is -2.29. The molecule has 0 radical (unpaired) electrons.